The van der Waals surface area contributed by atoms with E-state index in [1.807, 2.05) is 19.1 Å². The predicted octanol–water partition coefficient (Wildman–Crippen LogP) is 3.23. The maximum atomic E-state index is 12.7. The summed E-state index contributed by atoms with van der Waals surface area (Å²) in [6.45, 7) is 4.07. The summed E-state index contributed by atoms with van der Waals surface area (Å²) in [6, 6.07) is 5.48. The van der Waals surface area contributed by atoms with E-state index in [4.69, 9.17) is 0 Å². The van der Waals surface area contributed by atoms with Crippen LogP contribution in [0.15, 0.2) is 22.7 Å². The molecule has 1 aromatic carbocycles. The Morgan fingerprint density at radius 1 is 1.35 bits per heavy atom. The molecule has 0 aliphatic carbocycles. The van der Waals surface area contributed by atoms with E-state index in [0.29, 0.717) is 23.0 Å². The minimum Gasteiger partial charge on any atom is -0.480 e. The number of rotatable bonds is 2. The van der Waals surface area contributed by atoms with Gasteiger partial charge >= 0.3 is 5.97 Å². The summed E-state index contributed by atoms with van der Waals surface area (Å²) >= 11 is 3.39. The zero-order valence-electron chi connectivity index (χ0n) is 11.6. The number of carbonyl (C=O) groups is 2. The standard InChI is InChI=1S/C15H18BrNO3/c1-10-5-6-11(12(16)9-10)13(18)17-8-4-3-7-15(17,2)14(19)20/h5-6,9H,3-4,7-8H2,1-2H3,(H,19,20). The Morgan fingerprint density at radius 3 is 2.65 bits per heavy atom. The van der Waals surface area contributed by atoms with Crippen molar-refractivity contribution in [3.05, 3.63) is 33.8 Å². The van der Waals surface area contributed by atoms with Gasteiger partial charge in [-0.3, -0.25) is 4.79 Å². The summed E-state index contributed by atoms with van der Waals surface area (Å²) in [5.74, 6) is -1.16. The van der Waals surface area contributed by atoms with E-state index in [9.17, 15) is 14.7 Å². The quantitative estimate of drug-likeness (QED) is 0.899. The van der Waals surface area contributed by atoms with E-state index >= 15 is 0 Å². The zero-order chi connectivity index (χ0) is 14.9. The second-order valence-corrected chi connectivity index (χ2v) is 6.33. The number of piperidine rings is 1. The highest BCUT2D eigenvalue weighted by Crippen LogP contribution is 2.31. The normalized spacial score (nSPS) is 22.6. The molecule has 0 bridgehead atoms. The Kier molecular flexibility index (Phi) is 4.18. The maximum Gasteiger partial charge on any atom is 0.329 e. The molecule has 2 rings (SSSR count). The summed E-state index contributed by atoms with van der Waals surface area (Å²) in [4.78, 5) is 25.7. The molecular formula is C15H18BrNO3. The lowest BCUT2D eigenvalue weighted by molar-refractivity contribution is -0.150. The molecule has 1 heterocycles. The number of hydrogen-bond acceptors (Lipinski definition) is 2. The first-order valence-electron chi connectivity index (χ1n) is 6.68. The van der Waals surface area contributed by atoms with Crippen LogP contribution in [0.1, 0.15) is 42.1 Å². The molecule has 0 saturated carbocycles. The zero-order valence-corrected chi connectivity index (χ0v) is 13.2. The largest absolute Gasteiger partial charge is 0.480 e. The number of hydrogen-bond donors (Lipinski definition) is 1. The Hall–Kier alpha value is -1.36. The molecule has 1 aliphatic heterocycles. The fourth-order valence-electron chi connectivity index (χ4n) is 2.61. The molecule has 1 fully saturated rings. The summed E-state index contributed by atoms with van der Waals surface area (Å²) in [7, 11) is 0. The highest BCUT2D eigenvalue weighted by molar-refractivity contribution is 9.10. The predicted molar refractivity (Wildman–Crippen MR) is 79.8 cm³/mol. The van der Waals surface area contributed by atoms with E-state index in [0.717, 1.165) is 18.4 Å². The molecule has 4 nitrogen and oxygen atoms in total. The van der Waals surface area contributed by atoms with Crippen LogP contribution in [0, 0.1) is 6.92 Å². The van der Waals surface area contributed by atoms with Crippen LogP contribution in [-0.2, 0) is 4.79 Å². The van der Waals surface area contributed by atoms with Crippen molar-refractivity contribution >= 4 is 27.8 Å². The number of likely N-dealkylation sites (tertiary alicyclic amines) is 1. The van der Waals surface area contributed by atoms with Gasteiger partial charge < -0.3 is 10.0 Å². The van der Waals surface area contributed by atoms with Gasteiger partial charge in [-0.1, -0.05) is 6.07 Å². The Morgan fingerprint density at radius 2 is 2.05 bits per heavy atom. The number of carboxylic acids is 1. The Labute approximate surface area is 126 Å². The molecule has 5 heteroatoms. The van der Waals surface area contributed by atoms with Gasteiger partial charge in [-0.25, -0.2) is 4.79 Å². The van der Waals surface area contributed by atoms with Gasteiger partial charge in [0.25, 0.3) is 5.91 Å². The SMILES string of the molecule is Cc1ccc(C(=O)N2CCCCC2(C)C(=O)O)c(Br)c1. The Balaban J connectivity index is 2.37. The third-order valence-electron chi connectivity index (χ3n) is 3.95. The first-order valence-corrected chi connectivity index (χ1v) is 7.47. The molecule has 20 heavy (non-hydrogen) atoms. The lowest BCUT2D eigenvalue weighted by Gasteiger charge is -2.41. The minimum absolute atomic E-state index is 0.221. The number of benzene rings is 1. The van der Waals surface area contributed by atoms with Crippen molar-refractivity contribution in [1.82, 2.24) is 4.90 Å². The number of carboxylic acid groups (broad SMARTS) is 1. The molecule has 1 aliphatic rings. The average molecular weight is 340 g/mol. The third kappa shape index (κ3) is 2.59. The van der Waals surface area contributed by atoms with E-state index < -0.39 is 11.5 Å². The number of nitrogens with zero attached hydrogens (tertiary/aromatic N) is 1. The minimum atomic E-state index is -1.11. The van der Waals surface area contributed by atoms with Crippen LogP contribution in [0.3, 0.4) is 0 Å². The second kappa shape index (κ2) is 5.56. The van der Waals surface area contributed by atoms with Gasteiger partial charge in [0, 0.05) is 11.0 Å². The number of aryl methyl sites for hydroxylation is 1. The molecule has 1 unspecified atom stereocenters. The summed E-state index contributed by atoms with van der Waals surface area (Å²) in [6.07, 6.45) is 2.18. The first kappa shape index (κ1) is 15.0. The Bertz CT molecular complexity index is 558. The van der Waals surface area contributed by atoms with Crippen LogP contribution in [0.2, 0.25) is 0 Å². The van der Waals surface area contributed by atoms with E-state index in [-0.39, 0.29) is 5.91 Å². The van der Waals surface area contributed by atoms with Gasteiger partial charge in [-0.2, -0.15) is 0 Å². The van der Waals surface area contributed by atoms with Gasteiger partial charge in [0.2, 0.25) is 0 Å². The molecular weight excluding hydrogens is 322 g/mol. The summed E-state index contributed by atoms with van der Waals surface area (Å²) < 4.78 is 0.709. The highest BCUT2D eigenvalue weighted by atomic mass is 79.9. The molecule has 1 N–H and O–H groups in total. The van der Waals surface area contributed by atoms with Gasteiger partial charge in [-0.05, 0) is 66.7 Å². The van der Waals surface area contributed by atoms with E-state index in [1.165, 1.54) is 4.90 Å². The van der Waals surface area contributed by atoms with Gasteiger partial charge in [-0.15, -0.1) is 0 Å². The fourth-order valence-corrected chi connectivity index (χ4v) is 3.27. The molecule has 1 aromatic rings. The van der Waals surface area contributed by atoms with Crippen LogP contribution < -0.4 is 0 Å². The van der Waals surface area contributed by atoms with Gasteiger partial charge in [0.1, 0.15) is 5.54 Å². The number of halogens is 1. The second-order valence-electron chi connectivity index (χ2n) is 5.48. The number of amides is 1. The molecule has 0 aromatic heterocycles. The fraction of sp³-hybridized carbons (Fsp3) is 0.467. The van der Waals surface area contributed by atoms with E-state index in [2.05, 4.69) is 15.9 Å². The van der Waals surface area contributed by atoms with Crippen molar-refractivity contribution in [2.45, 2.75) is 38.6 Å². The van der Waals surface area contributed by atoms with Crippen molar-refractivity contribution in [1.29, 1.82) is 0 Å². The van der Waals surface area contributed by atoms with Crippen LogP contribution in [0.25, 0.3) is 0 Å². The molecule has 0 spiro atoms. The van der Waals surface area contributed by atoms with Crippen molar-refractivity contribution in [3.63, 3.8) is 0 Å². The van der Waals surface area contributed by atoms with Crippen LogP contribution >= 0.6 is 15.9 Å². The summed E-state index contributed by atoms with van der Waals surface area (Å²) in [5.41, 5.74) is 0.456. The smallest absolute Gasteiger partial charge is 0.329 e. The lowest BCUT2D eigenvalue weighted by Crippen LogP contribution is -2.57. The average Bonchev–Trinajstić information content (AvgIpc) is 2.38. The summed E-state index contributed by atoms with van der Waals surface area (Å²) in [5, 5.41) is 9.47. The topological polar surface area (TPSA) is 57.6 Å². The van der Waals surface area contributed by atoms with Gasteiger partial charge in [0.15, 0.2) is 0 Å². The van der Waals surface area contributed by atoms with Crippen LogP contribution in [0.4, 0.5) is 0 Å². The van der Waals surface area contributed by atoms with Crippen LogP contribution in [0.5, 0.6) is 0 Å². The third-order valence-corrected chi connectivity index (χ3v) is 4.61. The lowest BCUT2D eigenvalue weighted by atomic mass is 9.88. The highest BCUT2D eigenvalue weighted by Gasteiger charge is 2.44. The van der Waals surface area contributed by atoms with Gasteiger partial charge in [0.05, 0.1) is 5.56 Å². The maximum absolute atomic E-state index is 12.7. The van der Waals surface area contributed by atoms with Crippen molar-refractivity contribution in [3.8, 4) is 0 Å². The molecule has 1 amide bonds. The molecule has 1 atom stereocenters. The van der Waals surface area contributed by atoms with E-state index in [1.54, 1.807) is 13.0 Å². The number of aliphatic carboxylic acids is 1. The van der Waals surface area contributed by atoms with Crippen molar-refractivity contribution < 1.29 is 14.7 Å². The first-order chi connectivity index (χ1) is 9.36. The number of carbonyl (C=O) groups excluding carboxylic acids is 1. The molecule has 108 valence electrons. The molecule has 0 radical (unpaired) electrons. The monoisotopic (exact) mass is 339 g/mol. The van der Waals surface area contributed by atoms with Crippen molar-refractivity contribution in [2.24, 2.45) is 0 Å². The molecule has 1 saturated heterocycles. The van der Waals surface area contributed by atoms with Crippen LogP contribution in [-0.4, -0.2) is 34.0 Å². The van der Waals surface area contributed by atoms with Crippen molar-refractivity contribution in [2.75, 3.05) is 6.54 Å².